The summed E-state index contributed by atoms with van der Waals surface area (Å²) in [6.07, 6.45) is 0. The van der Waals surface area contributed by atoms with Crippen molar-refractivity contribution in [2.75, 3.05) is 52.6 Å². The van der Waals surface area contributed by atoms with E-state index >= 15 is 0 Å². The lowest BCUT2D eigenvalue weighted by atomic mass is 10.0. The molecule has 4 rings (SSSR count). The lowest BCUT2D eigenvalue weighted by Crippen LogP contribution is -2.36. The van der Waals surface area contributed by atoms with Gasteiger partial charge in [-0.1, -0.05) is 18.2 Å². The second kappa shape index (κ2) is 9.99. The maximum absolute atomic E-state index is 11.0. The zero-order chi connectivity index (χ0) is 20.8. The van der Waals surface area contributed by atoms with E-state index in [2.05, 4.69) is 20.0 Å². The molecular weight excluding hydrogens is 384 g/mol. The quantitative estimate of drug-likeness (QED) is 0.709. The van der Waals surface area contributed by atoms with Crippen molar-refractivity contribution in [2.45, 2.75) is 13.1 Å². The first-order valence-electron chi connectivity index (χ1n) is 10.3. The number of nitrogens with zero attached hydrogens (tertiary/aromatic N) is 4. The highest BCUT2D eigenvalue weighted by Gasteiger charge is 2.23. The van der Waals surface area contributed by atoms with E-state index in [1.165, 1.54) is 0 Å². The summed E-state index contributed by atoms with van der Waals surface area (Å²) in [5.41, 5.74) is 2.29. The van der Waals surface area contributed by atoms with Crippen molar-refractivity contribution in [2.24, 2.45) is 10.2 Å². The summed E-state index contributed by atoms with van der Waals surface area (Å²) in [4.78, 5) is 4.39. The first-order chi connectivity index (χ1) is 14.7. The minimum absolute atomic E-state index is 0.0237. The largest absolute Gasteiger partial charge is 0.507 e. The highest BCUT2D eigenvalue weighted by molar-refractivity contribution is 5.63. The van der Waals surface area contributed by atoms with Crippen LogP contribution in [0.3, 0.4) is 0 Å². The monoisotopic (exact) mass is 412 g/mol. The number of aromatic hydroxyl groups is 2. The Kier molecular flexibility index (Phi) is 6.91. The molecule has 0 amide bonds. The van der Waals surface area contributed by atoms with Crippen LogP contribution < -0.4 is 0 Å². The number of hydrogen-bond donors (Lipinski definition) is 2. The summed E-state index contributed by atoms with van der Waals surface area (Å²) >= 11 is 0. The molecule has 2 aliphatic rings. The van der Waals surface area contributed by atoms with E-state index in [0.29, 0.717) is 56.5 Å². The minimum atomic E-state index is -0.0237. The third kappa shape index (κ3) is 5.14. The summed E-state index contributed by atoms with van der Waals surface area (Å²) in [7, 11) is 0. The van der Waals surface area contributed by atoms with Crippen molar-refractivity contribution in [1.29, 1.82) is 0 Å². The SMILES string of the molecule is Oc1c(CN2CCOCC2)cc(N=Nc2ccccc2)c(O)c1CN1CCOCC1. The van der Waals surface area contributed by atoms with Crippen LogP contribution in [-0.2, 0) is 22.6 Å². The standard InChI is InChI=1S/C22H28N4O4/c27-21-17(15-25-6-10-29-11-7-25)14-20(24-23-18-4-2-1-3-5-18)22(28)19(21)16-26-8-12-30-13-9-26/h1-5,14,27-28H,6-13,15-16H2. The van der Waals surface area contributed by atoms with Gasteiger partial charge in [-0.15, -0.1) is 5.11 Å². The number of hydrogen-bond acceptors (Lipinski definition) is 8. The van der Waals surface area contributed by atoms with Crippen LogP contribution in [-0.4, -0.2) is 72.6 Å². The van der Waals surface area contributed by atoms with Crippen molar-refractivity contribution in [1.82, 2.24) is 9.80 Å². The van der Waals surface area contributed by atoms with Gasteiger partial charge in [-0.3, -0.25) is 9.80 Å². The number of rotatable bonds is 6. The Hall–Kier alpha value is -2.52. The van der Waals surface area contributed by atoms with Crippen LogP contribution in [0.4, 0.5) is 11.4 Å². The average Bonchev–Trinajstić information content (AvgIpc) is 2.80. The number of phenolic OH excluding ortho intramolecular Hbond substituents is 2. The topological polar surface area (TPSA) is 90.1 Å². The maximum Gasteiger partial charge on any atom is 0.151 e. The van der Waals surface area contributed by atoms with Crippen LogP contribution in [0.1, 0.15) is 11.1 Å². The molecule has 160 valence electrons. The molecule has 0 bridgehead atoms. The van der Waals surface area contributed by atoms with Gasteiger partial charge < -0.3 is 19.7 Å². The summed E-state index contributed by atoms with van der Waals surface area (Å²) < 4.78 is 10.8. The fourth-order valence-electron chi connectivity index (χ4n) is 3.70. The molecule has 2 aromatic carbocycles. The Morgan fingerprint density at radius 2 is 1.37 bits per heavy atom. The predicted octanol–water partition coefficient (Wildman–Crippen LogP) is 3.18. The van der Waals surface area contributed by atoms with Gasteiger partial charge in [-0.2, -0.15) is 5.11 Å². The molecule has 0 spiro atoms. The first kappa shape index (κ1) is 20.7. The normalized spacial score (nSPS) is 18.8. The third-order valence-corrected chi connectivity index (χ3v) is 5.44. The van der Waals surface area contributed by atoms with E-state index in [9.17, 15) is 10.2 Å². The van der Waals surface area contributed by atoms with Crippen LogP contribution in [0.15, 0.2) is 46.6 Å². The van der Waals surface area contributed by atoms with Crippen molar-refractivity contribution in [3.8, 4) is 11.5 Å². The molecule has 2 fully saturated rings. The van der Waals surface area contributed by atoms with Gasteiger partial charge in [0.05, 0.1) is 37.7 Å². The van der Waals surface area contributed by atoms with Gasteiger partial charge in [-0.05, 0) is 18.2 Å². The van der Waals surface area contributed by atoms with Gasteiger partial charge in [0.25, 0.3) is 0 Å². The Balaban J connectivity index is 1.65. The van der Waals surface area contributed by atoms with E-state index in [0.717, 1.165) is 31.7 Å². The Labute approximate surface area is 176 Å². The van der Waals surface area contributed by atoms with Crippen molar-refractivity contribution >= 4 is 11.4 Å². The molecule has 30 heavy (non-hydrogen) atoms. The molecule has 8 nitrogen and oxygen atoms in total. The van der Waals surface area contributed by atoms with Gasteiger partial charge in [0.1, 0.15) is 11.4 Å². The van der Waals surface area contributed by atoms with Crippen LogP contribution in [0.5, 0.6) is 11.5 Å². The third-order valence-electron chi connectivity index (χ3n) is 5.44. The van der Waals surface area contributed by atoms with E-state index < -0.39 is 0 Å². The van der Waals surface area contributed by atoms with Gasteiger partial charge >= 0.3 is 0 Å². The molecule has 8 heteroatoms. The average molecular weight is 412 g/mol. The Morgan fingerprint density at radius 1 is 0.767 bits per heavy atom. The van der Waals surface area contributed by atoms with E-state index in [1.54, 1.807) is 6.07 Å². The van der Waals surface area contributed by atoms with Crippen molar-refractivity contribution in [3.63, 3.8) is 0 Å². The van der Waals surface area contributed by atoms with Crippen LogP contribution in [0.2, 0.25) is 0 Å². The zero-order valence-corrected chi connectivity index (χ0v) is 17.0. The maximum atomic E-state index is 11.0. The minimum Gasteiger partial charge on any atom is -0.507 e. The van der Waals surface area contributed by atoms with E-state index in [4.69, 9.17) is 9.47 Å². The molecule has 2 saturated heterocycles. The fourth-order valence-corrected chi connectivity index (χ4v) is 3.70. The molecule has 0 radical (unpaired) electrons. The molecule has 0 aliphatic carbocycles. The lowest BCUT2D eigenvalue weighted by Gasteiger charge is -2.29. The van der Waals surface area contributed by atoms with E-state index in [-0.39, 0.29) is 11.5 Å². The Morgan fingerprint density at radius 3 is 2.00 bits per heavy atom. The van der Waals surface area contributed by atoms with Crippen LogP contribution >= 0.6 is 0 Å². The van der Waals surface area contributed by atoms with Crippen LogP contribution in [0.25, 0.3) is 0 Å². The number of azo groups is 1. The fraction of sp³-hybridized carbons (Fsp3) is 0.455. The molecule has 0 unspecified atom stereocenters. The van der Waals surface area contributed by atoms with Crippen molar-refractivity contribution < 1.29 is 19.7 Å². The highest BCUT2D eigenvalue weighted by atomic mass is 16.5. The predicted molar refractivity (Wildman–Crippen MR) is 113 cm³/mol. The number of phenols is 2. The van der Waals surface area contributed by atoms with Gasteiger partial charge in [0, 0.05) is 44.8 Å². The zero-order valence-electron chi connectivity index (χ0n) is 17.0. The molecule has 2 heterocycles. The first-order valence-corrected chi connectivity index (χ1v) is 10.3. The molecular formula is C22H28N4O4. The van der Waals surface area contributed by atoms with Gasteiger partial charge in [0.15, 0.2) is 5.75 Å². The van der Waals surface area contributed by atoms with Crippen molar-refractivity contribution in [3.05, 3.63) is 47.5 Å². The smallest absolute Gasteiger partial charge is 0.151 e. The number of ether oxygens (including phenoxy) is 2. The summed E-state index contributed by atoms with van der Waals surface area (Å²) in [6.45, 7) is 6.79. The lowest BCUT2D eigenvalue weighted by molar-refractivity contribution is 0.0325. The second-order valence-corrected chi connectivity index (χ2v) is 7.54. The van der Waals surface area contributed by atoms with Gasteiger partial charge in [-0.25, -0.2) is 0 Å². The number of benzene rings is 2. The molecule has 0 aromatic heterocycles. The van der Waals surface area contributed by atoms with E-state index in [1.807, 2.05) is 30.3 Å². The molecule has 2 aliphatic heterocycles. The molecule has 2 aromatic rings. The molecule has 0 atom stereocenters. The summed E-state index contributed by atoms with van der Waals surface area (Å²) in [6, 6.07) is 11.1. The summed E-state index contributed by atoms with van der Waals surface area (Å²) in [5, 5.41) is 30.5. The molecule has 0 saturated carbocycles. The Bertz CT molecular complexity index is 863. The summed E-state index contributed by atoms with van der Waals surface area (Å²) in [5.74, 6) is 0.105. The second-order valence-electron chi connectivity index (χ2n) is 7.54. The van der Waals surface area contributed by atoms with Gasteiger partial charge in [0.2, 0.25) is 0 Å². The van der Waals surface area contributed by atoms with Crippen LogP contribution in [0, 0.1) is 0 Å². The highest BCUT2D eigenvalue weighted by Crippen LogP contribution is 2.41. The molecule has 2 N–H and O–H groups in total. The number of morpholine rings is 2.